The number of anilines is 1. The number of aliphatic hydroxyl groups is 2. The molecule has 2 atom stereocenters. The molecule has 1 heterocycles. The number of rotatable bonds is 7. The Labute approximate surface area is 183 Å². The molecule has 9 heteroatoms. The Kier molecular flexibility index (Phi) is 7.67. The fourth-order valence-electron chi connectivity index (χ4n) is 3.24. The van der Waals surface area contributed by atoms with Crippen LogP contribution in [0.3, 0.4) is 0 Å². The quantitative estimate of drug-likeness (QED) is 0.551. The Hall–Kier alpha value is -2.62. The second-order valence-electron chi connectivity index (χ2n) is 6.98. The third-order valence-electron chi connectivity index (χ3n) is 5.01. The first-order chi connectivity index (χ1) is 14.5. The van der Waals surface area contributed by atoms with Crippen molar-refractivity contribution in [2.75, 3.05) is 31.1 Å². The molecule has 0 aliphatic carbocycles. The van der Waals surface area contributed by atoms with Crippen molar-refractivity contribution in [1.82, 2.24) is 10.2 Å². The standard InChI is InChI=1S/C21H24BrN3O5/c22-30-17-8-6-15(7-9-17)14-23-20(28)18(26)19(27)21(29)25-12-10-24(11-13-25)16-4-2-1-3-5-16/h1-9,18-19,26-27H,10-14H2,(H,23,28)/t18-,19-/m1/s1. The largest absolute Gasteiger partial charge is 0.418 e. The van der Waals surface area contributed by atoms with Gasteiger partial charge in [-0.05, 0) is 29.8 Å². The van der Waals surface area contributed by atoms with Crippen LogP contribution in [0.15, 0.2) is 54.6 Å². The normalized spacial score (nSPS) is 16.0. The summed E-state index contributed by atoms with van der Waals surface area (Å²) < 4.78 is 4.89. The Morgan fingerprint density at radius 1 is 0.967 bits per heavy atom. The Morgan fingerprint density at radius 2 is 1.60 bits per heavy atom. The van der Waals surface area contributed by atoms with Crippen molar-refractivity contribution in [3.8, 4) is 5.75 Å². The van der Waals surface area contributed by atoms with Gasteiger partial charge in [-0.1, -0.05) is 30.3 Å². The van der Waals surface area contributed by atoms with Gasteiger partial charge >= 0.3 is 0 Å². The second kappa shape index (κ2) is 10.4. The lowest BCUT2D eigenvalue weighted by atomic mass is 10.1. The van der Waals surface area contributed by atoms with E-state index < -0.39 is 24.0 Å². The molecule has 30 heavy (non-hydrogen) atoms. The van der Waals surface area contributed by atoms with Crippen molar-refractivity contribution in [1.29, 1.82) is 0 Å². The first kappa shape index (κ1) is 22.1. The van der Waals surface area contributed by atoms with Crippen LogP contribution in [0, 0.1) is 0 Å². The molecule has 0 bridgehead atoms. The number of nitrogens with zero attached hydrogens (tertiary/aromatic N) is 2. The second-order valence-corrected chi connectivity index (χ2v) is 7.30. The summed E-state index contributed by atoms with van der Waals surface area (Å²) in [6, 6.07) is 16.8. The van der Waals surface area contributed by atoms with Gasteiger partial charge in [-0.25, -0.2) is 0 Å². The molecule has 8 nitrogen and oxygen atoms in total. The number of carbonyl (C=O) groups is 2. The van der Waals surface area contributed by atoms with E-state index in [-0.39, 0.29) is 6.54 Å². The van der Waals surface area contributed by atoms with Gasteiger partial charge in [0, 0.05) is 38.4 Å². The van der Waals surface area contributed by atoms with Gasteiger partial charge in [0.15, 0.2) is 28.5 Å². The average Bonchev–Trinajstić information content (AvgIpc) is 2.82. The van der Waals surface area contributed by atoms with E-state index in [1.165, 1.54) is 4.90 Å². The maximum atomic E-state index is 12.5. The lowest BCUT2D eigenvalue weighted by molar-refractivity contribution is -0.153. The number of amides is 2. The summed E-state index contributed by atoms with van der Waals surface area (Å²) in [5.74, 6) is -0.845. The first-order valence-electron chi connectivity index (χ1n) is 9.60. The van der Waals surface area contributed by atoms with E-state index in [1.54, 1.807) is 24.3 Å². The topological polar surface area (TPSA) is 102 Å². The lowest BCUT2D eigenvalue weighted by Crippen LogP contribution is -2.55. The zero-order valence-electron chi connectivity index (χ0n) is 16.3. The van der Waals surface area contributed by atoms with E-state index in [1.807, 2.05) is 30.3 Å². The Balaban J connectivity index is 1.48. The predicted octanol–water partition coefficient (Wildman–Crippen LogP) is 1.06. The number of halogens is 1. The molecule has 1 fully saturated rings. The van der Waals surface area contributed by atoms with E-state index in [0.717, 1.165) is 11.3 Å². The van der Waals surface area contributed by atoms with Crippen molar-refractivity contribution in [2.24, 2.45) is 0 Å². The van der Waals surface area contributed by atoms with Crippen LogP contribution in [0.1, 0.15) is 5.56 Å². The molecule has 3 rings (SSSR count). The highest BCUT2D eigenvalue weighted by atomic mass is 79.9. The van der Waals surface area contributed by atoms with E-state index in [9.17, 15) is 19.8 Å². The molecule has 1 aliphatic heterocycles. The minimum absolute atomic E-state index is 0.148. The van der Waals surface area contributed by atoms with Crippen LogP contribution in [-0.4, -0.2) is 65.3 Å². The van der Waals surface area contributed by atoms with Crippen LogP contribution in [0.5, 0.6) is 5.75 Å². The van der Waals surface area contributed by atoms with Crippen LogP contribution in [0.4, 0.5) is 5.69 Å². The van der Waals surface area contributed by atoms with Gasteiger partial charge in [-0.2, -0.15) is 0 Å². The molecule has 0 saturated carbocycles. The number of nitrogens with one attached hydrogen (secondary N) is 1. The van der Waals surface area contributed by atoms with Gasteiger partial charge in [-0.15, -0.1) is 0 Å². The van der Waals surface area contributed by atoms with Crippen LogP contribution in [0.2, 0.25) is 0 Å². The molecule has 2 amide bonds. The Morgan fingerprint density at radius 3 is 2.20 bits per heavy atom. The lowest BCUT2D eigenvalue weighted by Gasteiger charge is -2.37. The number of para-hydroxylation sites is 1. The summed E-state index contributed by atoms with van der Waals surface area (Å²) >= 11 is 2.87. The predicted molar refractivity (Wildman–Crippen MR) is 115 cm³/mol. The summed E-state index contributed by atoms with van der Waals surface area (Å²) in [5.41, 5.74) is 1.85. The van der Waals surface area contributed by atoms with Crippen molar-refractivity contribution < 1.29 is 23.6 Å². The maximum absolute atomic E-state index is 12.5. The number of hydrogen-bond acceptors (Lipinski definition) is 6. The number of piperazine rings is 1. The van der Waals surface area contributed by atoms with Crippen molar-refractivity contribution >= 4 is 33.8 Å². The summed E-state index contributed by atoms with van der Waals surface area (Å²) in [7, 11) is 0. The van der Waals surface area contributed by atoms with Crippen LogP contribution >= 0.6 is 16.3 Å². The average molecular weight is 478 g/mol. The highest BCUT2D eigenvalue weighted by molar-refractivity contribution is 9.06. The van der Waals surface area contributed by atoms with Gasteiger partial charge in [-0.3, -0.25) is 9.59 Å². The monoisotopic (exact) mass is 477 g/mol. The molecule has 0 radical (unpaired) electrons. The zero-order chi connectivity index (χ0) is 21.5. The highest BCUT2D eigenvalue weighted by Crippen LogP contribution is 2.17. The molecule has 160 valence electrons. The summed E-state index contributed by atoms with van der Waals surface area (Å²) in [5, 5.41) is 22.9. The summed E-state index contributed by atoms with van der Waals surface area (Å²) in [6.07, 6.45) is -3.65. The number of benzene rings is 2. The molecular weight excluding hydrogens is 454 g/mol. The van der Waals surface area contributed by atoms with Crippen molar-refractivity contribution in [3.63, 3.8) is 0 Å². The molecule has 2 aromatic rings. The highest BCUT2D eigenvalue weighted by Gasteiger charge is 2.34. The van der Waals surface area contributed by atoms with Crippen LogP contribution in [-0.2, 0) is 16.1 Å². The maximum Gasteiger partial charge on any atom is 0.254 e. The number of hydrogen-bond donors (Lipinski definition) is 3. The third kappa shape index (κ3) is 5.50. The minimum Gasteiger partial charge on any atom is -0.418 e. The van der Waals surface area contributed by atoms with Gasteiger partial charge in [0.25, 0.3) is 11.8 Å². The fraction of sp³-hybridized carbons (Fsp3) is 0.333. The molecule has 0 aromatic heterocycles. The van der Waals surface area contributed by atoms with Crippen molar-refractivity contribution in [3.05, 3.63) is 60.2 Å². The molecular formula is C21H24BrN3O5. The van der Waals surface area contributed by atoms with Gasteiger partial charge in [0.05, 0.1) is 0 Å². The van der Waals surface area contributed by atoms with Gasteiger partial charge in [0.1, 0.15) is 5.75 Å². The van der Waals surface area contributed by atoms with Gasteiger partial charge in [0.2, 0.25) is 0 Å². The molecule has 3 N–H and O–H groups in total. The zero-order valence-corrected chi connectivity index (χ0v) is 17.9. The number of aliphatic hydroxyl groups excluding tert-OH is 2. The third-order valence-corrected chi connectivity index (χ3v) is 5.39. The summed E-state index contributed by atoms with van der Waals surface area (Å²) in [4.78, 5) is 28.3. The molecule has 0 spiro atoms. The molecule has 2 aromatic carbocycles. The Bertz CT molecular complexity index is 841. The molecule has 1 aliphatic rings. The van der Waals surface area contributed by atoms with Crippen LogP contribution < -0.4 is 14.0 Å². The van der Waals surface area contributed by atoms with E-state index in [2.05, 4.69) is 26.5 Å². The van der Waals surface area contributed by atoms with Crippen LogP contribution in [0.25, 0.3) is 0 Å². The van der Waals surface area contributed by atoms with Gasteiger partial charge < -0.3 is 29.2 Å². The van der Waals surface area contributed by atoms with E-state index in [0.29, 0.717) is 31.9 Å². The molecule has 1 saturated heterocycles. The molecule has 0 unspecified atom stereocenters. The first-order valence-corrected chi connectivity index (χ1v) is 10.2. The number of carbonyl (C=O) groups excluding carboxylic acids is 2. The minimum atomic E-state index is -1.84. The summed E-state index contributed by atoms with van der Waals surface area (Å²) in [6.45, 7) is 2.18. The smallest absolute Gasteiger partial charge is 0.254 e. The fourth-order valence-corrected chi connectivity index (χ4v) is 3.46. The van der Waals surface area contributed by atoms with E-state index in [4.69, 9.17) is 3.83 Å². The SMILES string of the molecule is O=C(NCc1ccc(OBr)cc1)[C@H](O)[C@@H](O)C(=O)N1CCN(c2ccccc2)CC1. The van der Waals surface area contributed by atoms with E-state index >= 15 is 0 Å². The van der Waals surface area contributed by atoms with Crippen molar-refractivity contribution in [2.45, 2.75) is 18.8 Å².